The largest absolute Gasteiger partial charge is 0.492 e. The smallest absolute Gasteiger partial charge is 0.278 e. The summed E-state index contributed by atoms with van der Waals surface area (Å²) in [5.41, 5.74) is -0.932. The fourth-order valence-corrected chi connectivity index (χ4v) is 1.89. The van der Waals surface area contributed by atoms with Crippen molar-refractivity contribution in [2.45, 2.75) is 47.6 Å². The molecule has 1 N–H and O–H groups in total. The summed E-state index contributed by atoms with van der Waals surface area (Å²) in [4.78, 5) is 33.0. The Morgan fingerprint density at radius 1 is 1.36 bits per heavy atom. The number of nitrogens with one attached hydrogen (secondary N) is 1. The Morgan fingerprint density at radius 3 is 2.52 bits per heavy atom. The molecular weight excluding hydrogens is 326 g/mol. The molecule has 0 aliphatic heterocycles. The van der Waals surface area contributed by atoms with Crippen molar-refractivity contribution in [2.24, 2.45) is 10.6 Å². The standard InChI is InChI=1S/C15H21N3O5.C2H6/c1-4-8-16-14(19)15(2,3)10-23-13-7-5-6-12(18(21)22)11(13)9-17-20;1-2/h5-7H,4,8-10H2,1-3H3,(H,16,19);1-2H3. The summed E-state index contributed by atoms with van der Waals surface area (Å²) in [5.74, 6) is 0.0232. The minimum Gasteiger partial charge on any atom is -0.492 e. The Kier molecular flexibility index (Phi) is 10.00. The minimum absolute atomic E-state index is 0.0234. The van der Waals surface area contributed by atoms with Gasteiger partial charge >= 0.3 is 0 Å². The summed E-state index contributed by atoms with van der Waals surface area (Å²) in [6.07, 6.45) is 0.822. The predicted octanol–water partition coefficient (Wildman–Crippen LogP) is 3.82. The van der Waals surface area contributed by atoms with Crippen LogP contribution in [-0.2, 0) is 11.3 Å². The SMILES string of the molecule is CC.CCCNC(=O)C(C)(C)COc1cccc([N+](=O)[O-])c1CN=O. The van der Waals surface area contributed by atoms with E-state index in [1.165, 1.54) is 18.2 Å². The van der Waals surface area contributed by atoms with Gasteiger partial charge in [-0.1, -0.05) is 32.0 Å². The van der Waals surface area contributed by atoms with E-state index in [1.807, 2.05) is 20.8 Å². The van der Waals surface area contributed by atoms with Crippen LogP contribution >= 0.6 is 0 Å². The maximum atomic E-state index is 12.1. The van der Waals surface area contributed by atoms with Crippen molar-refractivity contribution in [2.75, 3.05) is 13.2 Å². The molecule has 0 spiro atoms. The van der Waals surface area contributed by atoms with E-state index >= 15 is 0 Å². The summed E-state index contributed by atoms with van der Waals surface area (Å²) in [6.45, 7) is 9.61. The molecule has 140 valence electrons. The molecule has 0 saturated carbocycles. The molecule has 1 aromatic carbocycles. The number of hydrogen-bond acceptors (Lipinski definition) is 6. The highest BCUT2D eigenvalue weighted by atomic mass is 16.6. The first-order valence-electron chi connectivity index (χ1n) is 8.30. The van der Waals surface area contributed by atoms with E-state index in [-0.39, 0.29) is 36.1 Å². The highest BCUT2D eigenvalue weighted by molar-refractivity contribution is 5.81. The maximum absolute atomic E-state index is 12.1. The van der Waals surface area contributed by atoms with Crippen molar-refractivity contribution < 1.29 is 14.5 Å². The average molecular weight is 353 g/mol. The summed E-state index contributed by atoms with van der Waals surface area (Å²) >= 11 is 0. The van der Waals surface area contributed by atoms with Gasteiger partial charge in [-0.15, -0.1) is 0 Å². The summed E-state index contributed by atoms with van der Waals surface area (Å²) < 4.78 is 5.58. The lowest BCUT2D eigenvalue weighted by Gasteiger charge is -2.24. The molecule has 8 nitrogen and oxygen atoms in total. The highest BCUT2D eigenvalue weighted by Gasteiger charge is 2.29. The molecule has 0 aliphatic rings. The van der Waals surface area contributed by atoms with Gasteiger partial charge in [-0.2, -0.15) is 4.91 Å². The topological polar surface area (TPSA) is 111 Å². The molecular formula is C17H27N3O5. The summed E-state index contributed by atoms with van der Waals surface area (Å²) in [5, 5.41) is 16.5. The van der Waals surface area contributed by atoms with Gasteiger partial charge in [0.1, 0.15) is 18.9 Å². The molecule has 0 heterocycles. The number of ether oxygens (including phenoxy) is 1. The molecule has 0 atom stereocenters. The van der Waals surface area contributed by atoms with Gasteiger partial charge < -0.3 is 10.1 Å². The number of benzene rings is 1. The van der Waals surface area contributed by atoms with E-state index in [1.54, 1.807) is 13.8 Å². The highest BCUT2D eigenvalue weighted by Crippen LogP contribution is 2.30. The van der Waals surface area contributed by atoms with Gasteiger partial charge in [0.25, 0.3) is 5.69 Å². The normalized spacial score (nSPS) is 10.3. The molecule has 0 saturated heterocycles. The van der Waals surface area contributed by atoms with E-state index in [0.29, 0.717) is 6.54 Å². The van der Waals surface area contributed by atoms with Crippen molar-refractivity contribution in [1.82, 2.24) is 5.32 Å². The number of amides is 1. The average Bonchev–Trinajstić information content (AvgIpc) is 2.60. The number of carbonyl (C=O) groups is 1. The van der Waals surface area contributed by atoms with Crippen LogP contribution in [0.5, 0.6) is 5.75 Å². The first-order chi connectivity index (χ1) is 11.8. The third-order valence-corrected chi connectivity index (χ3v) is 3.27. The molecule has 1 rings (SSSR count). The molecule has 1 aromatic rings. The first-order valence-corrected chi connectivity index (χ1v) is 8.30. The Labute approximate surface area is 148 Å². The number of hydrogen-bond donors (Lipinski definition) is 1. The monoisotopic (exact) mass is 353 g/mol. The van der Waals surface area contributed by atoms with Crippen LogP contribution < -0.4 is 10.1 Å². The fraction of sp³-hybridized carbons (Fsp3) is 0.588. The van der Waals surface area contributed by atoms with Crippen LogP contribution in [0.3, 0.4) is 0 Å². The van der Waals surface area contributed by atoms with Crippen LogP contribution in [0, 0.1) is 20.4 Å². The zero-order valence-electron chi connectivity index (χ0n) is 15.5. The van der Waals surface area contributed by atoms with Crippen LogP contribution in [-0.4, -0.2) is 24.0 Å². The molecule has 8 heteroatoms. The van der Waals surface area contributed by atoms with Crippen LogP contribution in [0.1, 0.15) is 46.6 Å². The number of nitroso groups, excluding NO2 is 1. The van der Waals surface area contributed by atoms with E-state index in [4.69, 9.17) is 4.74 Å². The Balaban J connectivity index is 0.00000277. The van der Waals surface area contributed by atoms with Crippen LogP contribution in [0.25, 0.3) is 0 Å². The van der Waals surface area contributed by atoms with Gasteiger partial charge in [-0.3, -0.25) is 14.9 Å². The molecule has 0 aliphatic carbocycles. The van der Waals surface area contributed by atoms with Gasteiger partial charge in [0, 0.05) is 12.6 Å². The van der Waals surface area contributed by atoms with Crippen molar-refractivity contribution in [1.29, 1.82) is 0 Å². The molecule has 1 amide bonds. The molecule has 0 unspecified atom stereocenters. The van der Waals surface area contributed by atoms with Gasteiger partial charge in [-0.05, 0) is 26.3 Å². The Hall–Kier alpha value is -2.51. The third kappa shape index (κ3) is 6.86. The predicted molar refractivity (Wildman–Crippen MR) is 96.5 cm³/mol. The van der Waals surface area contributed by atoms with Crippen LogP contribution in [0.2, 0.25) is 0 Å². The van der Waals surface area contributed by atoms with Crippen LogP contribution in [0.4, 0.5) is 5.69 Å². The lowest BCUT2D eigenvalue weighted by Crippen LogP contribution is -2.41. The third-order valence-electron chi connectivity index (χ3n) is 3.27. The maximum Gasteiger partial charge on any atom is 0.278 e. The van der Waals surface area contributed by atoms with Crippen molar-refractivity contribution in [3.05, 3.63) is 38.8 Å². The van der Waals surface area contributed by atoms with Gasteiger partial charge in [0.15, 0.2) is 0 Å². The van der Waals surface area contributed by atoms with E-state index in [0.717, 1.165) is 6.42 Å². The second-order valence-electron chi connectivity index (χ2n) is 5.73. The van der Waals surface area contributed by atoms with Crippen molar-refractivity contribution in [3.8, 4) is 5.75 Å². The van der Waals surface area contributed by atoms with Gasteiger partial charge in [0.05, 0.1) is 15.9 Å². The quantitative estimate of drug-likeness (QED) is 0.412. The number of rotatable bonds is 9. The molecule has 25 heavy (non-hydrogen) atoms. The van der Waals surface area contributed by atoms with Gasteiger partial charge in [0.2, 0.25) is 5.91 Å². The van der Waals surface area contributed by atoms with Gasteiger partial charge in [-0.25, -0.2) is 0 Å². The van der Waals surface area contributed by atoms with E-state index in [9.17, 15) is 19.8 Å². The minimum atomic E-state index is -0.814. The zero-order chi connectivity index (χ0) is 19.5. The summed E-state index contributed by atoms with van der Waals surface area (Å²) in [6, 6.07) is 4.27. The number of nitro groups is 1. The molecule has 0 aromatic heterocycles. The lowest BCUT2D eigenvalue weighted by atomic mass is 9.93. The van der Waals surface area contributed by atoms with Crippen molar-refractivity contribution in [3.63, 3.8) is 0 Å². The van der Waals surface area contributed by atoms with Crippen LogP contribution in [0.15, 0.2) is 23.4 Å². The molecule has 0 radical (unpaired) electrons. The second kappa shape index (κ2) is 11.1. The first kappa shape index (κ1) is 22.5. The van der Waals surface area contributed by atoms with E-state index < -0.39 is 10.3 Å². The molecule has 0 bridgehead atoms. The summed E-state index contributed by atoms with van der Waals surface area (Å²) in [7, 11) is 0. The van der Waals surface area contributed by atoms with Crippen molar-refractivity contribution >= 4 is 11.6 Å². The number of carbonyl (C=O) groups excluding carboxylic acids is 1. The second-order valence-corrected chi connectivity index (χ2v) is 5.73. The van der Waals surface area contributed by atoms with E-state index in [2.05, 4.69) is 10.5 Å². The lowest BCUT2D eigenvalue weighted by molar-refractivity contribution is -0.385. The zero-order valence-corrected chi connectivity index (χ0v) is 15.5. The Bertz CT molecular complexity index is 588. The number of nitro benzene ring substituents is 1. The fourth-order valence-electron chi connectivity index (χ4n) is 1.89. The Morgan fingerprint density at radius 2 is 2.00 bits per heavy atom. The number of nitrogens with zero attached hydrogens (tertiary/aromatic N) is 2. The molecule has 0 fully saturated rings.